The van der Waals surface area contributed by atoms with Gasteiger partial charge in [0.15, 0.2) is 5.13 Å². The molecular formula is C18H14FN3O3S. The monoisotopic (exact) mass is 371 g/mol. The molecule has 0 aliphatic heterocycles. The molecule has 2 amide bonds. The lowest BCUT2D eigenvalue weighted by Crippen LogP contribution is -2.08. The van der Waals surface area contributed by atoms with Crippen molar-refractivity contribution in [3.63, 3.8) is 0 Å². The van der Waals surface area contributed by atoms with Gasteiger partial charge in [-0.15, -0.1) is 11.3 Å². The van der Waals surface area contributed by atoms with Crippen LogP contribution in [0, 0.1) is 5.82 Å². The summed E-state index contributed by atoms with van der Waals surface area (Å²) in [5, 5.41) is 7.31. The second-order valence-electron chi connectivity index (χ2n) is 5.25. The molecule has 3 rings (SSSR count). The number of thiazole rings is 1. The minimum atomic E-state index is -0.468. The Kier molecular flexibility index (Phi) is 5.23. The van der Waals surface area contributed by atoms with Crippen LogP contribution >= 0.6 is 11.3 Å². The van der Waals surface area contributed by atoms with E-state index in [0.29, 0.717) is 27.8 Å². The molecule has 0 aliphatic carbocycles. The Labute approximate surface area is 152 Å². The first-order valence-corrected chi connectivity index (χ1v) is 8.45. The van der Waals surface area contributed by atoms with Gasteiger partial charge in [0.05, 0.1) is 17.6 Å². The number of furan rings is 1. The van der Waals surface area contributed by atoms with Crippen LogP contribution in [0.3, 0.4) is 0 Å². The van der Waals surface area contributed by atoms with Crippen molar-refractivity contribution in [2.45, 2.75) is 6.92 Å². The van der Waals surface area contributed by atoms with E-state index in [-0.39, 0.29) is 11.8 Å². The zero-order valence-corrected chi connectivity index (χ0v) is 14.5. The molecule has 1 aromatic carbocycles. The molecule has 8 heteroatoms. The number of carbonyl (C=O) groups is 2. The van der Waals surface area contributed by atoms with E-state index in [0.717, 1.165) is 0 Å². The van der Waals surface area contributed by atoms with E-state index in [1.165, 1.54) is 48.8 Å². The van der Waals surface area contributed by atoms with Crippen LogP contribution in [0.15, 0.2) is 52.5 Å². The number of anilines is 2. The maximum absolute atomic E-state index is 13.5. The molecule has 6 nitrogen and oxygen atoms in total. The van der Waals surface area contributed by atoms with Gasteiger partial charge in [-0.25, -0.2) is 9.37 Å². The van der Waals surface area contributed by atoms with Gasteiger partial charge in [0, 0.05) is 23.9 Å². The lowest BCUT2D eigenvalue weighted by atomic mass is 10.1. The summed E-state index contributed by atoms with van der Waals surface area (Å²) in [6, 6.07) is 7.48. The zero-order valence-electron chi connectivity index (χ0n) is 13.7. The molecule has 0 radical (unpaired) electrons. The summed E-state index contributed by atoms with van der Waals surface area (Å²) in [4.78, 5) is 27.6. The number of hydrogen-bond donors (Lipinski definition) is 2. The molecule has 0 fully saturated rings. The number of nitrogens with one attached hydrogen (secondary N) is 2. The quantitative estimate of drug-likeness (QED) is 0.660. The lowest BCUT2D eigenvalue weighted by Gasteiger charge is -2.08. The first-order chi connectivity index (χ1) is 12.5. The molecule has 0 spiro atoms. The van der Waals surface area contributed by atoms with Gasteiger partial charge in [-0.2, -0.15) is 0 Å². The Morgan fingerprint density at radius 2 is 2.12 bits per heavy atom. The van der Waals surface area contributed by atoms with Crippen LogP contribution in [0.4, 0.5) is 15.2 Å². The largest absolute Gasteiger partial charge is 0.465 e. The van der Waals surface area contributed by atoms with Crippen molar-refractivity contribution >= 4 is 40.0 Å². The summed E-state index contributed by atoms with van der Waals surface area (Å²) in [7, 11) is 0. The van der Waals surface area contributed by atoms with Crippen LogP contribution in [0.5, 0.6) is 0 Å². The van der Waals surface area contributed by atoms with E-state index in [4.69, 9.17) is 4.42 Å². The van der Waals surface area contributed by atoms with Gasteiger partial charge >= 0.3 is 0 Å². The molecule has 2 heterocycles. The summed E-state index contributed by atoms with van der Waals surface area (Å²) >= 11 is 1.22. The molecule has 0 bridgehead atoms. The Morgan fingerprint density at radius 1 is 1.27 bits per heavy atom. The summed E-state index contributed by atoms with van der Waals surface area (Å²) in [5.41, 5.74) is 1.40. The van der Waals surface area contributed by atoms with Gasteiger partial charge in [0.1, 0.15) is 11.6 Å². The van der Waals surface area contributed by atoms with Crippen molar-refractivity contribution in [2.24, 2.45) is 0 Å². The van der Waals surface area contributed by atoms with E-state index in [9.17, 15) is 14.0 Å². The molecule has 132 valence electrons. The molecule has 0 unspecified atom stereocenters. The van der Waals surface area contributed by atoms with Crippen molar-refractivity contribution < 1.29 is 18.4 Å². The first kappa shape index (κ1) is 17.6. The molecule has 0 saturated heterocycles. The van der Waals surface area contributed by atoms with Gasteiger partial charge in [-0.1, -0.05) is 0 Å². The predicted octanol–water partition coefficient (Wildman–Crippen LogP) is 4.15. The fraction of sp³-hybridized carbons (Fsp3) is 0.0556. The van der Waals surface area contributed by atoms with Crippen LogP contribution in [-0.4, -0.2) is 16.8 Å². The Morgan fingerprint density at radius 3 is 2.85 bits per heavy atom. The van der Waals surface area contributed by atoms with E-state index in [1.807, 2.05) is 0 Å². The number of nitrogens with zero attached hydrogens (tertiary/aromatic N) is 1. The molecule has 0 saturated carbocycles. The molecular weight excluding hydrogens is 357 g/mol. The van der Waals surface area contributed by atoms with Crippen LogP contribution in [0.25, 0.3) is 17.3 Å². The molecule has 3 aromatic rings. The summed E-state index contributed by atoms with van der Waals surface area (Å²) in [5.74, 6) is -0.581. The third-order valence-electron chi connectivity index (χ3n) is 3.24. The van der Waals surface area contributed by atoms with E-state index in [2.05, 4.69) is 15.6 Å². The van der Waals surface area contributed by atoms with E-state index in [1.54, 1.807) is 23.6 Å². The minimum Gasteiger partial charge on any atom is -0.465 e. The van der Waals surface area contributed by atoms with Crippen molar-refractivity contribution in [1.82, 2.24) is 4.98 Å². The number of aromatic nitrogens is 1. The number of amides is 2. The Bertz CT molecular complexity index is 964. The normalized spacial score (nSPS) is 10.8. The minimum absolute atomic E-state index is 0.316. The van der Waals surface area contributed by atoms with Crippen molar-refractivity contribution in [1.29, 1.82) is 0 Å². The van der Waals surface area contributed by atoms with E-state index >= 15 is 0 Å². The standard InChI is InChI=1S/C18H14FN3O3S/c1-11(23)20-15-9-12(19)4-6-14(15)16-10-26-18(21-16)22-17(24)7-5-13-3-2-8-25-13/h2-10H,1H3,(H,20,23)(H,21,22,24). The van der Waals surface area contributed by atoms with Crippen LogP contribution in [0.2, 0.25) is 0 Å². The molecule has 0 aliphatic rings. The number of halogens is 1. The third kappa shape index (κ3) is 4.42. The predicted molar refractivity (Wildman–Crippen MR) is 98.2 cm³/mol. The fourth-order valence-corrected chi connectivity index (χ4v) is 2.89. The fourth-order valence-electron chi connectivity index (χ4n) is 2.18. The number of rotatable bonds is 5. The summed E-state index contributed by atoms with van der Waals surface area (Å²) < 4.78 is 18.6. The van der Waals surface area contributed by atoms with Crippen molar-refractivity contribution in [3.8, 4) is 11.3 Å². The highest BCUT2D eigenvalue weighted by molar-refractivity contribution is 7.14. The zero-order chi connectivity index (χ0) is 18.5. The SMILES string of the molecule is CC(=O)Nc1cc(F)ccc1-c1csc(NC(=O)C=Cc2ccco2)n1. The summed E-state index contributed by atoms with van der Waals surface area (Å²) in [6.45, 7) is 1.34. The van der Waals surface area contributed by atoms with Gasteiger partial charge < -0.3 is 9.73 Å². The maximum Gasteiger partial charge on any atom is 0.250 e. The van der Waals surface area contributed by atoms with Gasteiger partial charge in [-0.3, -0.25) is 14.9 Å². The highest BCUT2D eigenvalue weighted by Gasteiger charge is 2.12. The lowest BCUT2D eigenvalue weighted by molar-refractivity contribution is -0.114. The van der Waals surface area contributed by atoms with Gasteiger partial charge in [0.2, 0.25) is 11.8 Å². The number of hydrogen-bond acceptors (Lipinski definition) is 5. The average Bonchev–Trinajstić information content (AvgIpc) is 3.24. The molecule has 2 N–H and O–H groups in total. The highest BCUT2D eigenvalue weighted by atomic mass is 32.1. The van der Waals surface area contributed by atoms with Gasteiger partial charge in [-0.05, 0) is 36.4 Å². The van der Waals surface area contributed by atoms with Gasteiger partial charge in [0.25, 0.3) is 0 Å². The number of benzene rings is 1. The second-order valence-corrected chi connectivity index (χ2v) is 6.11. The average molecular weight is 371 g/mol. The van der Waals surface area contributed by atoms with Crippen LogP contribution in [-0.2, 0) is 9.59 Å². The molecule has 26 heavy (non-hydrogen) atoms. The van der Waals surface area contributed by atoms with Crippen molar-refractivity contribution in [3.05, 3.63) is 59.6 Å². The van der Waals surface area contributed by atoms with Crippen LogP contribution < -0.4 is 10.6 Å². The Balaban J connectivity index is 1.75. The summed E-state index contributed by atoms with van der Waals surface area (Å²) in [6.07, 6.45) is 4.39. The molecule has 2 aromatic heterocycles. The molecule has 0 atom stereocenters. The second kappa shape index (κ2) is 7.75. The topological polar surface area (TPSA) is 84.2 Å². The van der Waals surface area contributed by atoms with Crippen LogP contribution in [0.1, 0.15) is 12.7 Å². The smallest absolute Gasteiger partial charge is 0.250 e. The highest BCUT2D eigenvalue weighted by Crippen LogP contribution is 2.31. The first-order valence-electron chi connectivity index (χ1n) is 7.57. The van der Waals surface area contributed by atoms with Crippen molar-refractivity contribution in [2.75, 3.05) is 10.6 Å². The maximum atomic E-state index is 13.5. The Hall–Kier alpha value is -3.26. The third-order valence-corrected chi connectivity index (χ3v) is 4.00. The van der Waals surface area contributed by atoms with E-state index < -0.39 is 5.82 Å². The number of carbonyl (C=O) groups excluding carboxylic acids is 2.